The number of nitrogens with zero attached hydrogens (tertiary/aromatic N) is 1. The second-order valence-electron chi connectivity index (χ2n) is 8.39. The average Bonchev–Trinajstić information content (AvgIpc) is 3.66. The van der Waals surface area contributed by atoms with Crippen LogP contribution >= 0.6 is 22.7 Å². The number of anilines is 2. The van der Waals surface area contributed by atoms with Gasteiger partial charge >= 0.3 is 0 Å². The van der Waals surface area contributed by atoms with Crippen LogP contribution in [-0.2, 0) is 22.4 Å². The fourth-order valence-corrected chi connectivity index (χ4v) is 5.61. The van der Waals surface area contributed by atoms with Crippen molar-refractivity contribution in [1.82, 2.24) is 10.3 Å². The zero-order valence-corrected chi connectivity index (χ0v) is 18.2. The molecule has 30 heavy (non-hydrogen) atoms. The van der Waals surface area contributed by atoms with Crippen LogP contribution in [0.15, 0.2) is 11.6 Å². The lowest BCUT2D eigenvalue weighted by molar-refractivity contribution is -0.120. The zero-order valence-electron chi connectivity index (χ0n) is 16.5. The molecule has 0 aliphatic heterocycles. The number of nitrogens with one attached hydrogen (secondary N) is 3. The van der Waals surface area contributed by atoms with Crippen LogP contribution in [0.2, 0.25) is 0 Å². The van der Waals surface area contributed by atoms with Gasteiger partial charge in [-0.25, -0.2) is 4.98 Å². The highest BCUT2D eigenvalue weighted by Crippen LogP contribution is 2.41. The van der Waals surface area contributed by atoms with Crippen molar-refractivity contribution in [2.45, 2.75) is 44.9 Å². The van der Waals surface area contributed by atoms with Gasteiger partial charge in [0.2, 0.25) is 11.8 Å². The topological polar surface area (TPSA) is 100 Å². The van der Waals surface area contributed by atoms with E-state index >= 15 is 0 Å². The van der Waals surface area contributed by atoms with Gasteiger partial charge in [0, 0.05) is 36.3 Å². The van der Waals surface area contributed by atoms with E-state index < -0.39 is 0 Å². The van der Waals surface area contributed by atoms with Crippen molar-refractivity contribution in [1.29, 1.82) is 0 Å². The van der Waals surface area contributed by atoms with Gasteiger partial charge in [-0.3, -0.25) is 14.4 Å². The standard InChI is InChI=1S/C21H24N4O3S2.H2/c26-17(12-3-4-12)24-20-16(19(28)23-10-11-1-2-11)14-9-13(5-6-15(14)30-20)18(27)25-21-22-7-8-29-21;/h7-8,11-13H,1-6,9-10H2,(H,23,28)(H,24,26)(H,22,25,27);1H. The molecule has 2 aromatic rings. The molecule has 2 fully saturated rings. The second kappa shape index (κ2) is 8.11. The van der Waals surface area contributed by atoms with Crippen molar-refractivity contribution < 1.29 is 15.8 Å². The minimum Gasteiger partial charge on any atom is -0.352 e. The van der Waals surface area contributed by atoms with Gasteiger partial charge < -0.3 is 16.0 Å². The second-order valence-corrected chi connectivity index (χ2v) is 10.4. The minimum absolute atomic E-state index is 0. The maximum Gasteiger partial charge on any atom is 0.254 e. The van der Waals surface area contributed by atoms with E-state index in [9.17, 15) is 14.4 Å². The summed E-state index contributed by atoms with van der Waals surface area (Å²) in [6, 6.07) is 0. The number of hydrogen-bond acceptors (Lipinski definition) is 6. The first-order valence-corrected chi connectivity index (χ1v) is 12.2. The fourth-order valence-electron chi connectivity index (χ4n) is 3.84. The van der Waals surface area contributed by atoms with Crippen molar-refractivity contribution in [3.63, 3.8) is 0 Å². The lowest BCUT2D eigenvalue weighted by Crippen LogP contribution is -2.31. The molecule has 160 valence electrons. The summed E-state index contributed by atoms with van der Waals surface area (Å²) in [5.74, 6) is 0.245. The Labute approximate surface area is 184 Å². The van der Waals surface area contributed by atoms with Crippen LogP contribution in [0.4, 0.5) is 10.1 Å². The van der Waals surface area contributed by atoms with E-state index in [1.807, 2.05) is 5.38 Å². The molecule has 2 saturated carbocycles. The summed E-state index contributed by atoms with van der Waals surface area (Å²) in [6.45, 7) is 0.674. The Balaban J connectivity index is 0.00000231. The number of amides is 3. The van der Waals surface area contributed by atoms with Crippen LogP contribution in [-0.4, -0.2) is 29.3 Å². The van der Waals surface area contributed by atoms with Crippen LogP contribution in [0.3, 0.4) is 0 Å². The summed E-state index contributed by atoms with van der Waals surface area (Å²) in [7, 11) is 0. The zero-order chi connectivity index (χ0) is 20.7. The van der Waals surface area contributed by atoms with Gasteiger partial charge in [0.25, 0.3) is 5.91 Å². The first kappa shape index (κ1) is 19.7. The molecule has 0 spiro atoms. The third-order valence-electron chi connectivity index (χ3n) is 5.95. The first-order valence-electron chi connectivity index (χ1n) is 10.5. The maximum atomic E-state index is 13.1. The molecule has 5 rings (SSSR count). The maximum absolute atomic E-state index is 13.1. The number of rotatable bonds is 7. The Morgan fingerprint density at radius 1 is 1.07 bits per heavy atom. The molecule has 3 N–H and O–H groups in total. The predicted molar refractivity (Wildman–Crippen MR) is 119 cm³/mol. The molecule has 0 saturated heterocycles. The Kier molecular flexibility index (Phi) is 5.32. The average molecular weight is 447 g/mol. The van der Waals surface area contributed by atoms with Crippen LogP contribution in [0, 0.1) is 17.8 Å². The van der Waals surface area contributed by atoms with Gasteiger partial charge in [-0.1, -0.05) is 0 Å². The van der Waals surface area contributed by atoms with E-state index in [2.05, 4.69) is 20.9 Å². The molecular weight excluding hydrogens is 420 g/mol. The fraction of sp³-hybridized carbons (Fsp3) is 0.524. The predicted octanol–water partition coefficient (Wildman–Crippen LogP) is 3.68. The molecule has 2 heterocycles. The van der Waals surface area contributed by atoms with Gasteiger partial charge in [0.05, 0.1) is 5.56 Å². The summed E-state index contributed by atoms with van der Waals surface area (Å²) in [4.78, 5) is 43.4. The quantitative estimate of drug-likeness (QED) is 0.604. The number of carbonyl (C=O) groups excluding carboxylic acids is 3. The molecule has 3 aliphatic rings. The van der Waals surface area contributed by atoms with E-state index in [1.165, 1.54) is 22.7 Å². The van der Waals surface area contributed by atoms with Gasteiger partial charge in [-0.2, -0.15) is 0 Å². The summed E-state index contributed by atoms with van der Waals surface area (Å²) in [5, 5.41) is 12.0. The number of carbonyl (C=O) groups is 3. The van der Waals surface area contributed by atoms with E-state index in [4.69, 9.17) is 0 Å². The molecule has 0 aromatic carbocycles. The van der Waals surface area contributed by atoms with Gasteiger partial charge in [0.15, 0.2) is 5.13 Å². The van der Waals surface area contributed by atoms with Crippen LogP contribution in [0.25, 0.3) is 0 Å². The minimum atomic E-state index is -0.210. The summed E-state index contributed by atoms with van der Waals surface area (Å²) in [6.07, 6.45) is 7.78. The van der Waals surface area contributed by atoms with Crippen molar-refractivity contribution in [2.24, 2.45) is 17.8 Å². The van der Waals surface area contributed by atoms with Crippen LogP contribution in [0.5, 0.6) is 0 Å². The number of hydrogen-bond donors (Lipinski definition) is 3. The molecule has 3 aliphatic carbocycles. The van der Waals surface area contributed by atoms with E-state index in [0.29, 0.717) is 34.6 Å². The Morgan fingerprint density at radius 2 is 1.87 bits per heavy atom. The molecule has 0 bridgehead atoms. The third-order valence-corrected chi connectivity index (χ3v) is 7.85. The normalized spacial score (nSPS) is 20.3. The van der Waals surface area contributed by atoms with Crippen molar-refractivity contribution in [2.75, 3.05) is 17.2 Å². The molecule has 9 heteroatoms. The Morgan fingerprint density at radius 3 is 2.57 bits per heavy atom. The first-order chi connectivity index (χ1) is 14.6. The number of thiophene rings is 1. The van der Waals surface area contributed by atoms with E-state index in [-0.39, 0.29) is 31.0 Å². The Hall–Kier alpha value is -2.26. The lowest BCUT2D eigenvalue weighted by Gasteiger charge is -2.22. The van der Waals surface area contributed by atoms with Crippen molar-refractivity contribution in [3.8, 4) is 0 Å². The number of aryl methyl sites for hydroxylation is 1. The molecule has 0 radical (unpaired) electrons. The summed E-state index contributed by atoms with van der Waals surface area (Å²) >= 11 is 2.89. The van der Waals surface area contributed by atoms with E-state index in [0.717, 1.165) is 49.0 Å². The van der Waals surface area contributed by atoms with Crippen molar-refractivity contribution in [3.05, 3.63) is 27.6 Å². The van der Waals surface area contributed by atoms with Crippen LogP contribution < -0.4 is 16.0 Å². The highest BCUT2D eigenvalue weighted by atomic mass is 32.1. The molecule has 2 aromatic heterocycles. The summed E-state index contributed by atoms with van der Waals surface area (Å²) in [5.41, 5.74) is 1.49. The molecular formula is C21H26N4O3S2. The third kappa shape index (κ3) is 4.27. The number of aromatic nitrogens is 1. The molecule has 3 amide bonds. The van der Waals surface area contributed by atoms with Gasteiger partial charge in [-0.05, 0) is 56.4 Å². The largest absolute Gasteiger partial charge is 0.352 e. The van der Waals surface area contributed by atoms with Gasteiger partial charge in [0.1, 0.15) is 5.00 Å². The number of thiazole rings is 1. The highest BCUT2D eigenvalue weighted by molar-refractivity contribution is 7.17. The lowest BCUT2D eigenvalue weighted by atomic mass is 9.85. The smallest absolute Gasteiger partial charge is 0.254 e. The number of fused-ring (bicyclic) bond motifs is 1. The van der Waals surface area contributed by atoms with Crippen molar-refractivity contribution >= 4 is 50.5 Å². The van der Waals surface area contributed by atoms with Crippen LogP contribution in [0.1, 0.15) is 54.3 Å². The monoisotopic (exact) mass is 446 g/mol. The van der Waals surface area contributed by atoms with Gasteiger partial charge in [-0.15, -0.1) is 22.7 Å². The molecule has 7 nitrogen and oxygen atoms in total. The Bertz CT molecular complexity index is 983. The van der Waals surface area contributed by atoms with E-state index in [1.54, 1.807) is 6.20 Å². The molecule has 1 atom stereocenters. The molecule has 1 unspecified atom stereocenters. The SMILES string of the molecule is O=C(NCC1CC1)c1c(NC(=O)C2CC2)sc2c1CC(C(=O)Nc1nccs1)CC2.[HH]. The summed E-state index contributed by atoms with van der Waals surface area (Å²) < 4.78 is 0. The highest BCUT2D eigenvalue weighted by Gasteiger charge is 2.35.